The molecule has 1 heterocycles. The summed E-state index contributed by atoms with van der Waals surface area (Å²) in [5.74, 6) is -1.95. The van der Waals surface area contributed by atoms with Crippen LogP contribution in [0.25, 0.3) is 10.9 Å². The number of rotatable bonds is 2. The Morgan fingerprint density at radius 1 is 1.17 bits per heavy atom. The number of benzene rings is 2. The van der Waals surface area contributed by atoms with Crippen molar-refractivity contribution in [2.75, 3.05) is 0 Å². The Kier molecular flexibility index (Phi) is 3.71. The van der Waals surface area contributed by atoms with E-state index in [1.807, 2.05) is 0 Å². The average molecular weight is 334 g/mol. The summed E-state index contributed by atoms with van der Waals surface area (Å²) in [6.45, 7) is 0. The summed E-state index contributed by atoms with van der Waals surface area (Å²) in [6.07, 6.45) is 0. The largest absolute Gasteiger partial charge is 0.507 e. The van der Waals surface area contributed by atoms with Crippen LogP contribution in [-0.4, -0.2) is 21.1 Å². The van der Waals surface area contributed by atoms with Crippen molar-refractivity contribution < 1.29 is 19.4 Å². The highest BCUT2D eigenvalue weighted by molar-refractivity contribution is 6.31. The fraction of sp³-hybridized carbons (Fsp3) is 0. The van der Waals surface area contributed by atoms with Gasteiger partial charge in [-0.15, -0.1) is 10.2 Å². The lowest BCUT2D eigenvalue weighted by atomic mass is 10.2. The molecule has 0 radical (unpaired) electrons. The zero-order chi connectivity index (χ0) is 16.6. The number of carbonyl (C=O) groups is 1. The molecule has 0 atom stereocenters. The molecule has 1 amide bonds. The molecule has 6 nitrogen and oxygen atoms in total. The number of nitrogens with one attached hydrogen (secondary N) is 1. The number of H-pyrrole nitrogens is 1. The van der Waals surface area contributed by atoms with Gasteiger partial charge in [-0.1, -0.05) is 11.6 Å². The molecule has 116 valence electrons. The lowest BCUT2D eigenvalue weighted by molar-refractivity contribution is 0.0992. The van der Waals surface area contributed by atoms with Crippen LogP contribution in [-0.2, 0) is 0 Å². The molecule has 23 heavy (non-hydrogen) atoms. The molecule has 1 aromatic heterocycles. The molecule has 0 bridgehead atoms. The number of fused-ring (bicyclic) bond motifs is 1. The fourth-order valence-electron chi connectivity index (χ4n) is 2.07. The maximum atomic E-state index is 13.1. The number of aromatic nitrogens is 1. The van der Waals surface area contributed by atoms with Crippen LogP contribution in [0.4, 0.5) is 10.1 Å². The second-order valence-electron chi connectivity index (χ2n) is 4.68. The molecule has 3 N–H and O–H groups in total. The van der Waals surface area contributed by atoms with Gasteiger partial charge in [-0.05, 0) is 36.4 Å². The predicted molar refractivity (Wildman–Crippen MR) is 81.9 cm³/mol. The van der Waals surface area contributed by atoms with E-state index in [4.69, 9.17) is 11.6 Å². The Bertz CT molecular complexity index is 953. The van der Waals surface area contributed by atoms with Crippen molar-refractivity contribution in [3.63, 3.8) is 0 Å². The third kappa shape index (κ3) is 2.86. The monoisotopic (exact) mass is 333 g/mol. The Hall–Kier alpha value is -2.93. The van der Waals surface area contributed by atoms with Crippen LogP contribution >= 0.6 is 11.6 Å². The minimum atomic E-state index is -0.833. The first-order valence-electron chi connectivity index (χ1n) is 6.40. The number of azo groups is 1. The molecular weight excluding hydrogens is 325 g/mol. The number of amides is 1. The summed E-state index contributed by atoms with van der Waals surface area (Å²) in [6, 6.07) is 7.71. The van der Waals surface area contributed by atoms with Gasteiger partial charge < -0.3 is 15.2 Å². The third-order valence-corrected chi connectivity index (χ3v) is 3.38. The van der Waals surface area contributed by atoms with Crippen molar-refractivity contribution in [3.05, 3.63) is 52.8 Å². The molecule has 0 aliphatic heterocycles. The van der Waals surface area contributed by atoms with Crippen molar-refractivity contribution >= 4 is 34.1 Å². The fourth-order valence-corrected chi connectivity index (χ4v) is 2.24. The molecule has 0 saturated heterocycles. The molecule has 3 aromatic rings. The smallest absolute Gasteiger partial charge is 0.299 e. The van der Waals surface area contributed by atoms with E-state index in [2.05, 4.69) is 15.2 Å². The van der Waals surface area contributed by atoms with Gasteiger partial charge in [0, 0.05) is 10.4 Å². The quantitative estimate of drug-likeness (QED) is 0.610. The number of hydrogen-bond donors (Lipinski definition) is 3. The van der Waals surface area contributed by atoms with Gasteiger partial charge in [-0.25, -0.2) is 4.39 Å². The van der Waals surface area contributed by atoms with Gasteiger partial charge >= 0.3 is 0 Å². The van der Waals surface area contributed by atoms with E-state index in [1.165, 1.54) is 36.4 Å². The van der Waals surface area contributed by atoms with Crippen LogP contribution in [0, 0.1) is 5.82 Å². The second-order valence-corrected chi connectivity index (χ2v) is 5.12. The van der Waals surface area contributed by atoms with E-state index in [-0.39, 0.29) is 27.9 Å². The van der Waals surface area contributed by atoms with Crippen molar-refractivity contribution in [3.8, 4) is 11.6 Å². The lowest BCUT2D eigenvalue weighted by Gasteiger charge is -1.99. The van der Waals surface area contributed by atoms with Gasteiger partial charge in [-0.3, -0.25) is 4.79 Å². The molecular formula is C15H9ClFN3O3. The van der Waals surface area contributed by atoms with E-state index in [0.29, 0.717) is 10.9 Å². The molecule has 2 aromatic carbocycles. The Morgan fingerprint density at radius 3 is 2.74 bits per heavy atom. The highest BCUT2D eigenvalue weighted by Crippen LogP contribution is 2.36. The normalized spacial score (nSPS) is 11.4. The van der Waals surface area contributed by atoms with Crippen LogP contribution in [0.1, 0.15) is 10.4 Å². The summed E-state index contributed by atoms with van der Waals surface area (Å²) < 4.78 is 13.1. The predicted octanol–water partition coefficient (Wildman–Crippen LogP) is 4.30. The number of carbonyl (C=O) groups excluding carboxylic acids is 1. The molecule has 0 unspecified atom stereocenters. The first-order chi connectivity index (χ1) is 11.0. The van der Waals surface area contributed by atoms with Crippen molar-refractivity contribution in [2.24, 2.45) is 10.2 Å². The standard InChI is InChI=1S/C15H9ClFN3O3/c16-7-1-4-12(21)10(5-7)14(22)20-19-13-9-3-2-8(17)6-11(9)18-15(13)23/h1-6,18,21,23H. The van der Waals surface area contributed by atoms with E-state index in [0.717, 1.165) is 0 Å². The number of aromatic hydroxyl groups is 2. The van der Waals surface area contributed by atoms with Crippen LogP contribution in [0.5, 0.6) is 11.6 Å². The number of phenols is 1. The zero-order valence-electron chi connectivity index (χ0n) is 11.4. The highest BCUT2D eigenvalue weighted by Gasteiger charge is 2.14. The molecule has 0 saturated carbocycles. The van der Waals surface area contributed by atoms with E-state index >= 15 is 0 Å². The van der Waals surface area contributed by atoms with Crippen LogP contribution in [0.2, 0.25) is 5.02 Å². The first kappa shape index (κ1) is 15.0. The molecule has 0 aliphatic rings. The number of hydrogen-bond acceptors (Lipinski definition) is 4. The van der Waals surface area contributed by atoms with Crippen molar-refractivity contribution in [2.45, 2.75) is 0 Å². The maximum Gasteiger partial charge on any atom is 0.299 e. The molecule has 0 aliphatic carbocycles. The average Bonchev–Trinajstić information content (AvgIpc) is 2.81. The lowest BCUT2D eigenvalue weighted by Crippen LogP contribution is -1.94. The Morgan fingerprint density at radius 2 is 1.96 bits per heavy atom. The summed E-state index contributed by atoms with van der Waals surface area (Å²) in [4.78, 5) is 14.5. The molecule has 0 spiro atoms. The third-order valence-electron chi connectivity index (χ3n) is 3.14. The Labute approximate surface area is 133 Å². The minimum absolute atomic E-state index is 0.00475. The number of aromatic amines is 1. The number of nitrogens with zero attached hydrogens (tertiary/aromatic N) is 2. The highest BCUT2D eigenvalue weighted by atomic mass is 35.5. The summed E-state index contributed by atoms with van der Waals surface area (Å²) >= 11 is 5.76. The summed E-state index contributed by atoms with van der Waals surface area (Å²) in [5, 5.41) is 27.2. The topological polar surface area (TPSA) is 98.0 Å². The van der Waals surface area contributed by atoms with E-state index < -0.39 is 11.7 Å². The van der Waals surface area contributed by atoms with Gasteiger partial charge in [-0.2, -0.15) is 0 Å². The molecule has 0 fully saturated rings. The van der Waals surface area contributed by atoms with Gasteiger partial charge in [0.05, 0.1) is 11.1 Å². The maximum absolute atomic E-state index is 13.1. The Balaban J connectivity index is 1.98. The molecule has 8 heteroatoms. The van der Waals surface area contributed by atoms with E-state index in [1.54, 1.807) is 0 Å². The first-order valence-corrected chi connectivity index (χ1v) is 6.78. The van der Waals surface area contributed by atoms with Crippen molar-refractivity contribution in [1.29, 1.82) is 0 Å². The second kappa shape index (κ2) is 5.69. The SMILES string of the molecule is O=C(N=Nc1c(O)[nH]c2cc(F)ccc12)c1cc(Cl)ccc1O. The van der Waals surface area contributed by atoms with Crippen LogP contribution in [0.15, 0.2) is 46.6 Å². The molecule has 3 rings (SSSR count). The van der Waals surface area contributed by atoms with Gasteiger partial charge in [0.2, 0.25) is 5.88 Å². The number of halogens is 2. The van der Waals surface area contributed by atoms with Crippen LogP contribution < -0.4 is 0 Å². The van der Waals surface area contributed by atoms with Crippen LogP contribution in [0.3, 0.4) is 0 Å². The van der Waals surface area contributed by atoms with Gasteiger partial charge in [0.25, 0.3) is 5.91 Å². The summed E-state index contributed by atoms with van der Waals surface area (Å²) in [5.41, 5.74) is 0.191. The van der Waals surface area contributed by atoms with Gasteiger partial charge in [0.15, 0.2) is 5.69 Å². The minimum Gasteiger partial charge on any atom is -0.507 e. The summed E-state index contributed by atoms with van der Waals surface area (Å²) in [7, 11) is 0. The zero-order valence-corrected chi connectivity index (χ0v) is 12.2. The van der Waals surface area contributed by atoms with Crippen molar-refractivity contribution in [1.82, 2.24) is 4.98 Å². The number of phenolic OH excluding ortho intramolecular Hbond substituents is 1. The van der Waals surface area contributed by atoms with Gasteiger partial charge in [0.1, 0.15) is 11.6 Å². The van der Waals surface area contributed by atoms with E-state index in [9.17, 15) is 19.4 Å².